The molecule has 0 radical (unpaired) electrons. The van der Waals surface area contributed by atoms with Crippen LogP contribution in [0.4, 0.5) is 0 Å². The van der Waals surface area contributed by atoms with E-state index in [0.717, 1.165) is 12.8 Å². The molecule has 2 N–H and O–H groups in total. The van der Waals surface area contributed by atoms with Crippen LogP contribution in [0.5, 0.6) is 0 Å². The Hall–Kier alpha value is -0.220. The zero-order valence-electron chi connectivity index (χ0n) is 8.71. The van der Waals surface area contributed by atoms with Crippen molar-refractivity contribution in [2.45, 2.75) is 25.7 Å². The molecule has 1 rings (SSSR count). The molecule has 0 atom stereocenters. The first-order valence-corrected chi connectivity index (χ1v) is 6.48. The van der Waals surface area contributed by atoms with Crippen LogP contribution in [0.25, 0.3) is 0 Å². The highest BCUT2D eigenvalue weighted by atomic mass is 32.2. The van der Waals surface area contributed by atoms with Gasteiger partial charge in [0, 0.05) is 12.0 Å². The summed E-state index contributed by atoms with van der Waals surface area (Å²) in [6.07, 6.45) is 6.36. The first-order chi connectivity index (χ1) is 6.72. The summed E-state index contributed by atoms with van der Waals surface area (Å²) in [4.78, 5) is 11.2. The van der Waals surface area contributed by atoms with Gasteiger partial charge in [-0.05, 0) is 19.1 Å². The predicted molar refractivity (Wildman–Crippen MR) is 59.4 cm³/mol. The summed E-state index contributed by atoms with van der Waals surface area (Å²) in [5, 5.41) is 12.2. The zero-order chi connectivity index (χ0) is 10.4. The lowest BCUT2D eigenvalue weighted by Gasteiger charge is -2.26. The fraction of sp³-hybridized carbons (Fsp3) is 0.900. The van der Waals surface area contributed by atoms with Gasteiger partial charge in [0.25, 0.3) is 0 Å². The lowest BCUT2D eigenvalue weighted by Crippen LogP contribution is -2.39. The standard InChI is InChI=1S/C10H19NO2S/c1-14-6-9(13)11-7-10(8-12)4-2-3-5-10/h12H,2-8H2,1H3,(H,11,13). The topological polar surface area (TPSA) is 49.3 Å². The molecule has 3 nitrogen and oxygen atoms in total. The van der Waals surface area contributed by atoms with Crippen LogP contribution in [0.2, 0.25) is 0 Å². The minimum atomic E-state index is -0.0198. The van der Waals surface area contributed by atoms with Gasteiger partial charge in [-0.1, -0.05) is 12.8 Å². The van der Waals surface area contributed by atoms with E-state index in [1.807, 2.05) is 6.26 Å². The minimum Gasteiger partial charge on any atom is -0.396 e. The van der Waals surface area contributed by atoms with E-state index < -0.39 is 0 Å². The van der Waals surface area contributed by atoms with Crippen molar-refractivity contribution in [2.24, 2.45) is 5.41 Å². The Balaban J connectivity index is 2.30. The molecule has 0 aromatic rings. The van der Waals surface area contributed by atoms with Crippen molar-refractivity contribution < 1.29 is 9.90 Å². The Morgan fingerprint density at radius 1 is 1.50 bits per heavy atom. The first kappa shape index (κ1) is 11.9. The second kappa shape index (κ2) is 5.61. The molecule has 82 valence electrons. The number of hydrogen-bond acceptors (Lipinski definition) is 3. The van der Waals surface area contributed by atoms with Crippen LogP contribution in [-0.4, -0.2) is 36.2 Å². The Morgan fingerprint density at radius 2 is 2.14 bits per heavy atom. The molecular formula is C10H19NO2S. The van der Waals surface area contributed by atoms with Crippen molar-refractivity contribution in [1.29, 1.82) is 0 Å². The molecule has 1 aliphatic rings. The van der Waals surface area contributed by atoms with Gasteiger partial charge in [0.05, 0.1) is 12.4 Å². The Labute approximate surface area is 89.6 Å². The molecule has 14 heavy (non-hydrogen) atoms. The number of carbonyl (C=O) groups excluding carboxylic acids is 1. The fourth-order valence-corrected chi connectivity index (χ4v) is 2.35. The van der Waals surface area contributed by atoms with Crippen molar-refractivity contribution in [3.8, 4) is 0 Å². The van der Waals surface area contributed by atoms with Gasteiger partial charge in [-0.15, -0.1) is 0 Å². The maximum absolute atomic E-state index is 11.2. The smallest absolute Gasteiger partial charge is 0.230 e. The lowest BCUT2D eigenvalue weighted by atomic mass is 9.87. The van der Waals surface area contributed by atoms with Crippen LogP contribution in [0.3, 0.4) is 0 Å². The van der Waals surface area contributed by atoms with Crippen LogP contribution < -0.4 is 5.32 Å². The normalized spacial score (nSPS) is 19.6. The average molecular weight is 217 g/mol. The van der Waals surface area contributed by atoms with E-state index in [0.29, 0.717) is 12.3 Å². The van der Waals surface area contributed by atoms with Gasteiger partial charge < -0.3 is 10.4 Å². The van der Waals surface area contributed by atoms with Crippen LogP contribution in [0.1, 0.15) is 25.7 Å². The predicted octanol–water partition coefficient (Wildman–Crippen LogP) is 1.02. The van der Waals surface area contributed by atoms with Crippen molar-refractivity contribution in [1.82, 2.24) is 5.32 Å². The van der Waals surface area contributed by atoms with Gasteiger partial charge in [0.2, 0.25) is 5.91 Å². The average Bonchev–Trinajstić information content (AvgIpc) is 2.65. The highest BCUT2D eigenvalue weighted by Crippen LogP contribution is 2.36. The van der Waals surface area contributed by atoms with Crippen molar-refractivity contribution in [2.75, 3.05) is 25.2 Å². The summed E-state index contributed by atoms with van der Waals surface area (Å²) in [7, 11) is 0. The molecule has 0 aromatic carbocycles. The van der Waals surface area contributed by atoms with Crippen molar-refractivity contribution in [3.63, 3.8) is 0 Å². The molecule has 1 saturated carbocycles. The summed E-state index contributed by atoms with van der Waals surface area (Å²) < 4.78 is 0. The summed E-state index contributed by atoms with van der Waals surface area (Å²) in [6.45, 7) is 0.843. The number of carbonyl (C=O) groups is 1. The molecule has 0 bridgehead atoms. The summed E-state index contributed by atoms with van der Waals surface area (Å²) in [5.74, 6) is 0.596. The maximum atomic E-state index is 11.2. The number of hydrogen-bond donors (Lipinski definition) is 2. The van der Waals surface area contributed by atoms with Crippen molar-refractivity contribution >= 4 is 17.7 Å². The highest BCUT2D eigenvalue weighted by molar-refractivity contribution is 7.99. The minimum absolute atomic E-state index is 0.0198. The van der Waals surface area contributed by atoms with E-state index in [2.05, 4.69) is 5.32 Å². The second-order valence-corrected chi connectivity index (χ2v) is 4.94. The molecule has 1 aliphatic carbocycles. The van der Waals surface area contributed by atoms with Crippen LogP contribution >= 0.6 is 11.8 Å². The molecule has 1 amide bonds. The molecule has 0 spiro atoms. The van der Waals surface area contributed by atoms with Gasteiger partial charge in [-0.2, -0.15) is 11.8 Å². The van der Waals surface area contributed by atoms with Crippen molar-refractivity contribution in [3.05, 3.63) is 0 Å². The molecule has 0 heterocycles. The Morgan fingerprint density at radius 3 is 2.64 bits per heavy atom. The third-order valence-corrected chi connectivity index (χ3v) is 3.49. The number of nitrogens with one attached hydrogen (secondary N) is 1. The van der Waals surface area contributed by atoms with Crippen LogP contribution in [0, 0.1) is 5.41 Å². The molecule has 0 aromatic heterocycles. The third-order valence-electron chi connectivity index (χ3n) is 2.94. The maximum Gasteiger partial charge on any atom is 0.230 e. The van der Waals surface area contributed by atoms with Gasteiger partial charge in [0.15, 0.2) is 0 Å². The van der Waals surface area contributed by atoms with E-state index in [9.17, 15) is 9.90 Å². The number of aliphatic hydroxyl groups is 1. The van der Waals surface area contributed by atoms with E-state index in [-0.39, 0.29) is 17.9 Å². The SMILES string of the molecule is CSCC(=O)NCC1(CO)CCCC1. The zero-order valence-corrected chi connectivity index (χ0v) is 9.53. The summed E-state index contributed by atoms with van der Waals surface area (Å²) in [5.41, 5.74) is -0.0198. The van der Waals surface area contributed by atoms with Gasteiger partial charge in [-0.25, -0.2) is 0 Å². The third kappa shape index (κ3) is 3.17. The Kier molecular flexibility index (Phi) is 4.75. The number of aliphatic hydroxyl groups excluding tert-OH is 1. The number of thioether (sulfide) groups is 1. The monoisotopic (exact) mass is 217 g/mol. The van der Waals surface area contributed by atoms with Gasteiger partial charge in [-0.3, -0.25) is 4.79 Å². The summed E-state index contributed by atoms with van der Waals surface area (Å²) in [6, 6.07) is 0. The highest BCUT2D eigenvalue weighted by Gasteiger charge is 2.33. The quantitative estimate of drug-likeness (QED) is 0.723. The molecule has 0 saturated heterocycles. The molecule has 0 aliphatic heterocycles. The molecule has 4 heteroatoms. The molecular weight excluding hydrogens is 198 g/mol. The number of rotatable bonds is 5. The fourth-order valence-electron chi connectivity index (χ4n) is 1.98. The van der Waals surface area contributed by atoms with Gasteiger partial charge >= 0.3 is 0 Å². The van der Waals surface area contributed by atoms with Crippen LogP contribution in [0.15, 0.2) is 0 Å². The van der Waals surface area contributed by atoms with Gasteiger partial charge in [0.1, 0.15) is 0 Å². The van der Waals surface area contributed by atoms with E-state index in [1.54, 1.807) is 0 Å². The van der Waals surface area contributed by atoms with Crippen LogP contribution in [-0.2, 0) is 4.79 Å². The Bertz CT molecular complexity index is 191. The first-order valence-electron chi connectivity index (χ1n) is 5.09. The van der Waals surface area contributed by atoms with E-state index >= 15 is 0 Å². The summed E-state index contributed by atoms with van der Waals surface area (Å²) >= 11 is 1.52. The van der Waals surface area contributed by atoms with E-state index in [1.165, 1.54) is 24.6 Å². The molecule has 0 unspecified atom stereocenters. The molecule has 1 fully saturated rings. The van der Waals surface area contributed by atoms with E-state index in [4.69, 9.17) is 0 Å². The second-order valence-electron chi connectivity index (χ2n) is 4.07. The number of amides is 1. The lowest BCUT2D eigenvalue weighted by molar-refractivity contribution is -0.119. The largest absolute Gasteiger partial charge is 0.396 e.